The summed E-state index contributed by atoms with van der Waals surface area (Å²) in [5.41, 5.74) is 0. The molecule has 2 rings (SSSR count). The molecule has 1 saturated heterocycles. The molecule has 0 unspecified atom stereocenters. The lowest BCUT2D eigenvalue weighted by atomic mass is 10.4. The Labute approximate surface area is 125 Å². The van der Waals surface area contributed by atoms with Crippen LogP contribution in [0.1, 0.15) is 16.7 Å². The van der Waals surface area contributed by atoms with Crippen LogP contribution < -0.4 is 10.0 Å². The summed E-state index contributed by atoms with van der Waals surface area (Å²) in [6.45, 7) is 6.88. The highest BCUT2D eigenvalue weighted by Crippen LogP contribution is 2.16. The molecule has 0 radical (unpaired) electrons. The third-order valence-corrected chi connectivity index (χ3v) is 5.95. The first-order valence-corrected chi connectivity index (χ1v) is 9.54. The van der Waals surface area contributed by atoms with Crippen LogP contribution in [0.15, 0.2) is 12.1 Å². The van der Waals surface area contributed by atoms with Crippen LogP contribution in [-0.4, -0.2) is 51.8 Å². The molecule has 1 fully saturated rings. The minimum Gasteiger partial charge on any atom is -0.314 e. The lowest BCUT2D eigenvalue weighted by Crippen LogP contribution is -2.45. The van der Waals surface area contributed by atoms with E-state index in [2.05, 4.69) is 27.9 Å². The summed E-state index contributed by atoms with van der Waals surface area (Å²) in [6, 6.07) is 4.07. The second-order valence-corrected chi connectivity index (χ2v) is 8.13. The molecular formula is C13H23N3O2S2. The summed E-state index contributed by atoms with van der Waals surface area (Å²) in [5, 5.41) is 3.26. The van der Waals surface area contributed by atoms with Gasteiger partial charge in [-0.2, -0.15) is 0 Å². The van der Waals surface area contributed by atoms with Gasteiger partial charge < -0.3 is 5.32 Å². The van der Waals surface area contributed by atoms with Crippen molar-refractivity contribution in [3.05, 3.63) is 21.9 Å². The molecule has 0 spiro atoms. The predicted molar refractivity (Wildman–Crippen MR) is 83.6 cm³/mol. The number of piperazine rings is 1. The molecule has 1 aromatic rings. The lowest BCUT2D eigenvalue weighted by Gasteiger charge is -2.26. The van der Waals surface area contributed by atoms with E-state index in [4.69, 9.17) is 0 Å². The Morgan fingerprint density at radius 3 is 2.65 bits per heavy atom. The highest BCUT2D eigenvalue weighted by Gasteiger charge is 2.15. The van der Waals surface area contributed by atoms with Crippen molar-refractivity contribution in [2.24, 2.45) is 0 Å². The average molecular weight is 317 g/mol. The van der Waals surface area contributed by atoms with Crippen LogP contribution in [0.2, 0.25) is 0 Å². The molecule has 7 heteroatoms. The van der Waals surface area contributed by atoms with Crippen molar-refractivity contribution in [2.75, 3.05) is 38.5 Å². The molecule has 2 heterocycles. The quantitative estimate of drug-likeness (QED) is 0.774. The van der Waals surface area contributed by atoms with E-state index in [0.29, 0.717) is 13.1 Å². The molecular weight excluding hydrogens is 294 g/mol. The first kappa shape index (κ1) is 15.9. The summed E-state index contributed by atoms with van der Waals surface area (Å²) >= 11 is 1.67. The van der Waals surface area contributed by atoms with Gasteiger partial charge in [0.1, 0.15) is 0 Å². The van der Waals surface area contributed by atoms with Crippen molar-refractivity contribution in [1.82, 2.24) is 14.9 Å². The molecule has 0 saturated carbocycles. The van der Waals surface area contributed by atoms with Gasteiger partial charge in [-0.25, -0.2) is 13.1 Å². The highest BCUT2D eigenvalue weighted by molar-refractivity contribution is 7.89. The van der Waals surface area contributed by atoms with Crippen LogP contribution in [-0.2, 0) is 23.0 Å². The Hall–Kier alpha value is -0.470. The SMILES string of the molecule is CCc1ccc(CNS(=O)(=O)CCN2CCNCC2)s1. The van der Waals surface area contributed by atoms with E-state index < -0.39 is 10.0 Å². The van der Waals surface area contributed by atoms with E-state index in [1.165, 1.54) is 4.88 Å². The summed E-state index contributed by atoms with van der Waals surface area (Å²) in [7, 11) is -3.18. The average Bonchev–Trinajstić information content (AvgIpc) is 2.93. The van der Waals surface area contributed by atoms with Crippen molar-refractivity contribution < 1.29 is 8.42 Å². The Morgan fingerprint density at radius 1 is 1.30 bits per heavy atom. The van der Waals surface area contributed by atoms with Gasteiger partial charge in [-0.3, -0.25) is 4.90 Å². The summed E-state index contributed by atoms with van der Waals surface area (Å²) < 4.78 is 26.6. The van der Waals surface area contributed by atoms with Crippen LogP contribution in [0.3, 0.4) is 0 Å². The fourth-order valence-corrected chi connectivity index (χ4v) is 4.15. The molecule has 1 aromatic heterocycles. The standard InChI is InChI=1S/C13H23N3O2S2/c1-2-12-3-4-13(19-12)11-15-20(17,18)10-9-16-7-5-14-6-8-16/h3-4,14-15H,2,5-11H2,1H3. The van der Waals surface area contributed by atoms with Gasteiger partial charge in [0, 0.05) is 49.0 Å². The number of sulfonamides is 1. The highest BCUT2D eigenvalue weighted by atomic mass is 32.2. The second-order valence-electron chi connectivity index (χ2n) is 4.95. The topological polar surface area (TPSA) is 61.4 Å². The number of hydrogen-bond acceptors (Lipinski definition) is 5. The van der Waals surface area contributed by atoms with Crippen LogP contribution in [0.4, 0.5) is 0 Å². The van der Waals surface area contributed by atoms with Gasteiger partial charge in [0.15, 0.2) is 0 Å². The van der Waals surface area contributed by atoms with Crippen molar-refractivity contribution in [3.63, 3.8) is 0 Å². The molecule has 5 nitrogen and oxygen atoms in total. The van der Waals surface area contributed by atoms with Gasteiger partial charge in [0.25, 0.3) is 0 Å². The molecule has 1 aliphatic rings. The first-order chi connectivity index (χ1) is 9.59. The zero-order valence-corrected chi connectivity index (χ0v) is 13.5. The molecule has 1 aliphatic heterocycles. The van der Waals surface area contributed by atoms with Gasteiger partial charge in [0.05, 0.1) is 5.75 Å². The molecule has 2 N–H and O–H groups in total. The molecule has 0 bridgehead atoms. The zero-order valence-electron chi connectivity index (χ0n) is 11.9. The van der Waals surface area contributed by atoms with Crippen molar-refractivity contribution in [1.29, 1.82) is 0 Å². The summed E-state index contributed by atoms with van der Waals surface area (Å²) in [6.07, 6.45) is 1.00. The second kappa shape index (κ2) is 7.51. The first-order valence-electron chi connectivity index (χ1n) is 7.07. The minimum absolute atomic E-state index is 0.180. The lowest BCUT2D eigenvalue weighted by molar-refractivity contribution is 0.253. The van der Waals surface area contributed by atoms with E-state index in [1.807, 2.05) is 6.07 Å². The van der Waals surface area contributed by atoms with E-state index in [0.717, 1.165) is 37.5 Å². The number of rotatable bonds is 7. The Bertz CT molecular complexity index is 507. The smallest absolute Gasteiger partial charge is 0.213 e. The Balaban J connectivity index is 1.75. The van der Waals surface area contributed by atoms with E-state index >= 15 is 0 Å². The van der Waals surface area contributed by atoms with Crippen molar-refractivity contribution in [3.8, 4) is 0 Å². The maximum Gasteiger partial charge on any atom is 0.213 e. The molecule has 0 amide bonds. The van der Waals surface area contributed by atoms with Gasteiger partial charge >= 0.3 is 0 Å². The molecule has 114 valence electrons. The van der Waals surface area contributed by atoms with E-state index in [9.17, 15) is 8.42 Å². The fraction of sp³-hybridized carbons (Fsp3) is 0.692. The van der Waals surface area contributed by atoms with Crippen molar-refractivity contribution in [2.45, 2.75) is 19.9 Å². The largest absolute Gasteiger partial charge is 0.314 e. The number of aryl methyl sites for hydroxylation is 1. The normalized spacial score (nSPS) is 17.4. The predicted octanol–water partition coefficient (Wildman–Crippen LogP) is 0.635. The fourth-order valence-electron chi connectivity index (χ4n) is 2.14. The van der Waals surface area contributed by atoms with E-state index in [-0.39, 0.29) is 5.75 Å². The van der Waals surface area contributed by atoms with Gasteiger partial charge in [-0.1, -0.05) is 6.92 Å². The monoisotopic (exact) mass is 317 g/mol. The van der Waals surface area contributed by atoms with Crippen LogP contribution in [0.25, 0.3) is 0 Å². The number of nitrogens with one attached hydrogen (secondary N) is 2. The maximum atomic E-state index is 12.0. The molecule has 20 heavy (non-hydrogen) atoms. The minimum atomic E-state index is -3.18. The summed E-state index contributed by atoms with van der Waals surface area (Å²) in [5.74, 6) is 0.180. The Morgan fingerprint density at radius 2 is 2.00 bits per heavy atom. The molecule has 0 aliphatic carbocycles. The van der Waals surface area contributed by atoms with Gasteiger partial charge in [0.2, 0.25) is 10.0 Å². The van der Waals surface area contributed by atoms with E-state index in [1.54, 1.807) is 11.3 Å². The van der Waals surface area contributed by atoms with Crippen LogP contribution in [0.5, 0.6) is 0 Å². The van der Waals surface area contributed by atoms with Gasteiger partial charge in [-0.15, -0.1) is 11.3 Å². The Kier molecular flexibility index (Phi) is 5.98. The number of hydrogen-bond donors (Lipinski definition) is 2. The summed E-state index contributed by atoms with van der Waals surface area (Å²) in [4.78, 5) is 4.56. The molecule has 0 aromatic carbocycles. The maximum absolute atomic E-state index is 12.0. The zero-order chi connectivity index (χ0) is 14.4. The number of nitrogens with zero attached hydrogens (tertiary/aromatic N) is 1. The molecule has 0 atom stereocenters. The van der Waals surface area contributed by atoms with Crippen molar-refractivity contribution >= 4 is 21.4 Å². The third-order valence-electron chi connectivity index (χ3n) is 3.42. The van der Waals surface area contributed by atoms with Crippen LogP contribution in [0, 0.1) is 0 Å². The van der Waals surface area contributed by atoms with Crippen LogP contribution >= 0.6 is 11.3 Å². The van der Waals surface area contributed by atoms with Gasteiger partial charge in [-0.05, 0) is 18.6 Å². The third kappa shape index (κ3) is 5.14. The number of thiophene rings is 1.